The zero-order valence-corrected chi connectivity index (χ0v) is 17.0. The minimum atomic E-state index is -3.58. The highest BCUT2D eigenvalue weighted by Gasteiger charge is 2.27. The Morgan fingerprint density at radius 1 is 1.18 bits per heavy atom. The molecule has 3 rings (SSSR count). The van der Waals surface area contributed by atoms with E-state index in [0.29, 0.717) is 25.3 Å². The maximum absolute atomic E-state index is 13.0. The van der Waals surface area contributed by atoms with Crippen molar-refractivity contribution in [2.24, 2.45) is 0 Å². The first kappa shape index (κ1) is 20.2. The second-order valence-corrected chi connectivity index (χ2v) is 8.92. The SMILES string of the molecule is CN(C)c1ccc(S(=O)(=O)N2CCCCC2)cc1NC(=O)NCc1ccoc1. The summed E-state index contributed by atoms with van der Waals surface area (Å²) >= 11 is 0. The number of hydrogen-bond acceptors (Lipinski definition) is 5. The molecule has 8 nitrogen and oxygen atoms in total. The van der Waals surface area contributed by atoms with Crippen molar-refractivity contribution in [1.29, 1.82) is 0 Å². The molecular formula is C19H26N4O4S. The number of nitrogens with one attached hydrogen (secondary N) is 2. The number of rotatable bonds is 6. The Hall–Kier alpha value is -2.52. The monoisotopic (exact) mass is 406 g/mol. The lowest BCUT2D eigenvalue weighted by Gasteiger charge is -2.26. The smallest absolute Gasteiger partial charge is 0.319 e. The Morgan fingerprint density at radius 2 is 1.93 bits per heavy atom. The van der Waals surface area contributed by atoms with Gasteiger partial charge >= 0.3 is 6.03 Å². The number of urea groups is 1. The van der Waals surface area contributed by atoms with Gasteiger partial charge in [-0.15, -0.1) is 0 Å². The highest BCUT2D eigenvalue weighted by Crippen LogP contribution is 2.30. The van der Waals surface area contributed by atoms with Crippen LogP contribution in [-0.2, 0) is 16.6 Å². The van der Waals surface area contributed by atoms with Gasteiger partial charge in [0.25, 0.3) is 0 Å². The first-order chi connectivity index (χ1) is 13.4. The molecule has 1 saturated heterocycles. The maximum Gasteiger partial charge on any atom is 0.319 e. The number of sulfonamides is 1. The maximum atomic E-state index is 13.0. The Morgan fingerprint density at radius 3 is 2.57 bits per heavy atom. The molecule has 0 unspecified atom stereocenters. The van der Waals surface area contributed by atoms with Gasteiger partial charge in [0.15, 0.2) is 0 Å². The van der Waals surface area contributed by atoms with E-state index in [-0.39, 0.29) is 4.90 Å². The Balaban J connectivity index is 1.80. The van der Waals surface area contributed by atoms with Crippen LogP contribution in [0.1, 0.15) is 24.8 Å². The third kappa shape index (κ3) is 4.66. The molecule has 9 heteroatoms. The van der Waals surface area contributed by atoms with Gasteiger partial charge in [-0.1, -0.05) is 6.42 Å². The van der Waals surface area contributed by atoms with Crippen LogP contribution in [0, 0.1) is 0 Å². The molecular weight excluding hydrogens is 380 g/mol. The highest BCUT2D eigenvalue weighted by atomic mass is 32.2. The number of carbonyl (C=O) groups excluding carboxylic acids is 1. The summed E-state index contributed by atoms with van der Waals surface area (Å²) in [7, 11) is 0.0922. The molecule has 152 valence electrons. The number of piperidine rings is 1. The number of nitrogens with zero attached hydrogens (tertiary/aromatic N) is 2. The van der Waals surface area contributed by atoms with Crippen molar-refractivity contribution in [3.8, 4) is 0 Å². The average molecular weight is 407 g/mol. The van der Waals surface area contributed by atoms with Gasteiger partial charge in [0, 0.05) is 39.3 Å². The van der Waals surface area contributed by atoms with Gasteiger partial charge in [-0.05, 0) is 37.1 Å². The van der Waals surface area contributed by atoms with Crippen LogP contribution in [-0.4, -0.2) is 45.9 Å². The summed E-state index contributed by atoms with van der Waals surface area (Å²) in [4.78, 5) is 14.3. The molecule has 2 N–H and O–H groups in total. The summed E-state index contributed by atoms with van der Waals surface area (Å²) in [6.45, 7) is 1.38. The molecule has 2 heterocycles. The first-order valence-corrected chi connectivity index (χ1v) is 10.7. The molecule has 2 aromatic rings. The summed E-state index contributed by atoms with van der Waals surface area (Å²) in [6, 6.07) is 6.17. The van der Waals surface area contributed by atoms with E-state index in [0.717, 1.165) is 30.5 Å². The second-order valence-electron chi connectivity index (χ2n) is 6.98. The van der Waals surface area contributed by atoms with E-state index in [1.807, 2.05) is 19.0 Å². The largest absolute Gasteiger partial charge is 0.472 e. The molecule has 0 aliphatic carbocycles. The molecule has 0 saturated carbocycles. The van der Waals surface area contributed by atoms with E-state index in [9.17, 15) is 13.2 Å². The van der Waals surface area contributed by atoms with Gasteiger partial charge in [-0.3, -0.25) is 0 Å². The van der Waals surface area contributed by atoms with E-state index < -0.39 is 16.1 Å². The predicted octanol–water partition coefficient (Wildman–Crippen LogP) is 2.84. The third-order valence-corrected chi connectivity index (χ3v) is 6.58. The lowest BCUT2D eigenvalue weighted by atomic mass is 10.2. The molecule has 0 atom stereocenters. The van der Waals surface area contributed by atoms with Crippen molar-refractivity contribution in [1.82, 2.24) is 9.62 Å². The van der Waals surface area contributed by atoms with E-state index in [1.165, 1.54) is 16.6 Å². The van der Waals surface area contributed by atoms with Gasteiger partial charge in [-0.2, -0.15) is 4.31 Å². The van der Waals surface area contributed by atoms with Crippen molar-refractivity contribution in [2.75, 3.05) is 37.4 Å². The summed E-state index contributed by atoms with van der Waals surface area (Å²) in [6.07, 6.45) is 5.88. The molecule has 0 bridgehead atoms. The summed E-state index contributed by atoms with van der Waals surface area (Å²) in [5.74, 6) is 0. The quantitative estimate of drug-likeness (QED) is 0.769. The fourth-order valence-electron chi connectivity index (χ4n) is 3.16. The van der Waals surface area contributed by atoms with Gasteiger partial charge in [-0.25, -0.2) is 13.2 Å². The third-order valence-electron chi connectivity index (χ3n) is 4.68. The Kier molecular flexibility index (Phi) is 6.25. The lowest BCUT2D eigenvalue weighted by molar-refractivity contribution is 0.251. The number of furan rings is 1. The molecule has 2 amide bonds. The van der Waals surface area contributed by atoms with E-state index in [4.69, 9.17) is 4.42 Å². The fourth-order valence-corrected chi connectivity index (χ4v) is 4.71. The van der Waals surface area contributed by atoms with Gasteiger partial charge < -0.3 is 20.0 Å². The van der Waals surface area contributed by atoms with Crippen molar-refractivity contribution >= 4 is 27.4 Å². The van der Waals surface area contributed by atoms with Gasteiger partial charge in [0.05, 0.1) is 28.8 Å². The molecule has 1 fully saturated rings. The summed E-state index contributed by atoms with van der Waals surface area (Å²) < 4.78 is 32.4. The zero-order valence-electron chi connectivity index (χ0n) is 16.1. The van der Waals surface area contributed by atoms with Crippen LogP contribution in [0.25, 0.3) is 0 Å². The normalized spacial score (nSPS) is 15.2. The number of benzene rings is 1. The topological polar surface area (TPSA) is 94.9 Å². The van der Waals surface area contributed by atoms with Crippen molar-refractivity contribution < 1.29 is 17.6 Å². The molecule has 0 radical (unpaired) electrons. The van der Waals surface area contributed by atoms with E-state index in [2.05, 4.69) is 10.6 Å². The summed E-state index contributed by atoms with van der Waals surface area (Å²) in [5.41, 5.74) is 1.99. The van der Waals surface area contributed by atoms with Crippen molar-refractivity contribution in [3.05, 3.63) is 42.4 Å². The number of amides is 2. The first-order valence-electron chi connectivity index (χ1n) is 9.25. The van der Waals surface area contributed by atoms with Gasteiger partial charge in [0.1, 0.15) is 0 Å². The van der Waals surface area contributed by atoms with Crippen LogP contribution in [0.4, 0.5) is 16.2 Å². The highest BCUT2D eigenvalue weighted by molar-refractivity contribution is 7.89. The van der Waals surface area contributed by atoms with Crippen LogP contribution in [0.15, 0.2) is 46.1 Å². The van der Waals surface area contributed by atoms with Crippen molar-refractivity contribution in [2.45, 2.75) is 30.7 Å². The Bertz CT molecular complexity index is 904. The standard InChI is InChI=1S/C19H26N4O4S/c1-22(2)18-7-6-16(28(25,26)23-9-4-3-5-10-23)12-17(18)21-19(24)20-13-15-8-11-27-14-15/h6-8,11-12,14H,3-5,9-10,13H2,1-2H3,(H2,20,21,24). The number of hydrogen-bond donors (Lipinski definition) is 2. The minimum absolute atomic E-state index is 0.185. The molecule has 0 spiro atoms. The average Bonchev–Trinajstić information content (AvgIpc) is 3.20. The van der Waals surface area contributed by atoms with Crippen LogP contribution in [0.3, 0.4) is 0 Å². The van der Waals surface area contributed by atoms with E-state index >= 15 is 0 Å². The molecule has 1 aliphatic heterocycles. The molecule has 1 aromatic carbocycles. The second kappa shape index (κ2) is 8.66. The van der Waals surface area contributed by atoms with Crippen LogP contribution in [0.2, 0.25) is 0 Å². The molecule has 1 aromatic heterocycles. The fraction of sp³-hybridized carbons (Fsp3) is 0.421. The minimum Gasteiger partial charge on any atom is -0.472 e. The Labute approximate surface area is 165 Å². The molecule has 28 heavy (non-hydrogen) atoms. The van der Waals surface area contributed by atoms with Crippen molar-refractivity contribution in [3.63, 3.8) is 0 Å². The van der Waals surface area contributed by atoms with E-state index in [1.54, 1.807) is 24.5 Å². The van der Waals surface area contributed by atoms with Crippen LogP contribution >= 0.6 is 0 Å². The van der Waals surface area contributed by atoms with Crippen LogP contribution < -0.4 is 15.5 Å². The number of anilines is 2. The number of carbonyl (C=O) groups is 1. The van der Waals surface area contributed by atoms with Gasteiger partial charge in [0.2, 0.25) is 10.0 Å². The lowest BCUT2D eigenvalue weighted by Crippen LogP contribution is -2.35. The molecule has 1 aliphatic rings. The summed E-state index contributed by atoms with van der Waals surface area (Å²) in [5, 5.41) is 5.50. The van der Waals surface area contributed by atoms with Crippen LogP contribution in [0.5, 0.6) is 0 Å². The predicted molar refractivity (Wildman–Crippen MR) is 108 cm³/mol. The zero-order chi connectivity index (χ0) is 20.1.